The Morgan fingerprint density at radius 2 is 1.75 bits per heavy atom. The molecule has 0 aliphatic carbocycles. The van der Waals surface area contributed by atoms with Crippen LogP contribution in [0.5, 0.6) is 0 Å². The van der Waals surface area contributed by atoms with Crippen LogP contribution in [0.4, 0.5) is 0 Å². The van der Waals surface area contributed by atoms with Crippen LogP contribution in [-0.2, 0) is 6.54 Å². The van der Waals surface area contributed by atoms with Crippen molar-refractivity contribution in [1.82, 2.24) is 19.7 Å². The third-order valence-corrected chi connectivity index (χ3v) is 4.02. The second-order valence-corrected chi connectivity index (χ2v) is 6.25. The van der Waals surface area contributed by atoms with Gasteiger partial charge in [0, 0.05) is 37.9 Å². The van der Waals surface area contributed by atoms with Gasteiger partial charge in [0.2, 0.25) is 0 Å². The first-order valence-electron chi connectivity index (χ1n) is 7.66. The molecule has 1 fully saturated rings. The van der Waals surface area contributed by atoms with Crippen molar-refractivity contribution >= 4 is 0 Å². The maximum Gasteiger partial charge on any atom is 0.0544 e. The van der Waals surface area contributed by atoms with Crippen molar-refractivity contribution in [3.05, 3.63) is 30.1 Å². The van der Waals surface area contributed by atoms with Crippen molar-refractivity contribution < 1.29 is 0 Å². The SMILES string of the molecule is CC(C)N1CCN(Cc2ccccn2)CN(C(C)C)C1. The molecule has 1 aromatic heterocycles. The first-order valence-corrected chi connectivity index (χ1v) is 7.66. The van der Waals surface area contributed by atoms with E-state index in [9.17, 15) is 0 Å². The molecule has 0 saturated carbocycles. The molecule has 20 heavy (non-hydrogen) atoms. The molecule has 1 aliphatic heterocycles. The number of aromatic nitrogens is 1. The Balaban J connectivity index is 2.03. The first kappa shape index (κ1) is 15.4. The quantitative estimate of drug-likeness (QED) is 0.841. The lowest BCUT2D eigenvalue weighted by molar-refractivity contribution is 0.0783. The predicted octanol–water partition coefficient (Wildman–Crippen LogP) is 2.23. The van der Waals surface area contributed by atoms with Crippen molar-refractivity contribution in [2.45, 2.75) is 46.3 Å². The van der Waals surface area contributed by atoms with E-state index in [1.807, 2.05) is 12.3 Å². The molecule has 1 saturated heterocycles. The van der Waals surface area contributed by atoms with Crippen LogP contribution in [-0.4, -0.2) is 58.2 Å². The summed E-state index contributed by atoms with van der Waals surface area (Å²) in [7, 11) is 0. The van der Waals surface area contributed by atoms with Gasteiger partial charge >= 0.3 is 0 Å². The van der Waals surface area contributed by atoms with Gasteiger partial charge in [-0.15, -0.1) is 0 Å². The fourth-order valence-corrected chi connectivity index (χ4v) is 2.54. The third kappa shape index (κ3) is 4.27. The van der Waals surface area contributed by atoms with Gasteiger partial charge in [0.1, 0.15) is 0 Å². The van der Waals surface area contributed by atoms with E-state index < -0.39 is 0 Å². The molecule has 1 aromatic rings. The van der Waals surface area contributed by atoms with Crippen LogP contribution in [0.25, 0.3) is 0 Å². The highest BCUT2D eigenvalue weighted by molar-refractivity contribution is 5.03. The third-order valence-electron chi connectivity index (χ3n) is 4.02. The fourth-order valence-electron chi connectivity index (χ4n) is 2.54. The van der Waals surface area contributed by atoms with Crippen LogP contribution in [0.3, 0.4) is 0 Å². The lowest BCUT2D eigenvalue weighted by Gasteiger charge is -2.32. The van der Waals surface area contributed by atoms with Gasteiger partial charge in [-0.3, -0.25) is 19.7 Å². The molecule has 0 spiro atoms. The van der Waals surface area contributed by atoms with Gasteiger partial charge in [-0.2, -0.15) is 0 Å². The largest absolute Gasteiger partial charge is 0.287 e. The topological polar surface area (TPSA) is 22.6 Å². The van der Waals surface area contributed by atoms with Crippen LogP contribution >= 0.6 is 0 Å². The van der Waals surface area contributed by atoms with Crippen molar-refractivity contribution in [2.24, 2.45) is 0 Å². The number of pyridine rings is 1. The number of nitrogens with zero attached hydrogens (tertiary/aromatic N) is 4. The minimum absolute atomic E-state index is 0.570. The second-order valence-electron chi connectivity index (χ2n) is 6.25. The molecule has 2 heterocycles. The van der Waals surface area contributed by atoms with Gasteiger partial charge in [-0.1, -0.05) is 6.07 Å². The minimum atomic E-state index is 0.570. The van der Waals surface area contributed by atoms with Gasteiger partial charge in [-0.05, 0) is 39.8 Å². The molecule has 2 rings (SSSR count). The van der Waals surface area contributed by atoms with Crippen LogP contribution in [0.1, 0.15) is 33.4 Å². The van der Waals surface area contributed by atoms with Gasteiger partial charge in [0.05, 0.1) is 19.0 Å². The Hall–Kier alpha value is -0.970. The first-order chi connectivity index (χ1) is 9.56. The Kier molecular flexibility index (Phi) is 5.52. The summed E-state index contributed by atoms with van der Waals surface area (Å²) in [5, 5.41) is 0. The van der Waals surface area contributed by atoms with E-state index in [1.54, 1.807) is 0 Å². The molecule has 0 aromatic carbocycles. The molecular formula is C16H28N4. The Labute approximate surface area is 123 Å². The number of hydrogen-bond donors (Lipinski definition) is 0. The van der Waals surface area contributed by atoms with E-state index in [1.165, 1.54) is 0 Å². The maximum absolute atomic E-state index is 4.45. The van der Waals surface area contributed by atoms with Gasteiger partial charge in [-0.25, -0.2) is 0 Å². The molecule has 1 aliphatic rings. The molecule has 4 nitrogen and oxygen atoms in total. The van der Waals surface area contributed by atoms with E-state index in [4.69, 9.17) is 0 Å². The van der Waals surface area contributed by atoms with Crippen molar-refractivity contribution in [3.8, 4) is 0 Å². The highest BCUT2D eigenvalue weighted by Crippen LogP contribution is 2.12. The smallest absolute Gasteiger partial charge is 0.0544 e. The second kappa shape index (κ2) is 7.16. The summed E-state index contributed by atoms with van der Waals surface area (Å²) >= 11 is 0. The van der Waals surface area contributed by atoms with Gasteiger partial charge in [0.15, 0.2) is 0 Å². The predicted molar refractivity (Wildman–Crippen MR) is 83.2 cm³/mol. The molecule has 0 radical (unpaired) electrons. The Morgan fingerprint density at radius 3 is 2.35 bits per heavy atom. The summed E-state index contributed by atoms with van der Waals surface area (Å²) in [4.78, 5) is 12.0. The molecule has 112 valence electrons. The molecular weight excluding hydrogens is 248 g/mol. The average Bonchev–Trinajstić information content (AvgIpc) is 2.63. The van der Waals surface area contributed by atoms with Crippen LogP contribution in [0.2, 0.25) is 0 Å². The highest BCUT2D eigenvalue weighted by atomic mass is 15.4. The summed E-state index contributed by atoms with van der Waals surface area (Å²) in [6.45, 7) is 14.4. The zero-order valence-electron chi connectivity index (χ0n) is 13.3. The molecule has 0 bridgehead atoms. The molecule has 4 heteroatoms. The maximum atomic E-state index is 4.45. The van der Waals surface area contributed by atoms with Crippen molar-refractivity contribution in [3.63, 3.8) is 0 Å². The highest BCUT2D eigenvalue weighted by Gasteiger charge is 2.23. The van der Waals surface area contributed by atoms with E-state index in [2.05, 4.69) is 59.5 Å². The summed E-state index contributed by atoms with van der Waals surface area (Å²) in [5.41, 5.74) is 1.16. The van der Waals surface area contributed by atoms with Crippen molar-refractivity contribution in [2.75, 3.05) is 26.4 Å². The van der Waals surface area contributed by atoms with Gasteiger partial charge in [0.25, 0.3) is 0 Å². The average molecular weight is 276 g/mol. The van der Waals surface area contributed by atoms with Crippen molar-refractivity contribution in [1.29, 1.82) is 0 Å². The minimum Gasteiger partial charge on any atom is -0.287 e. The normalized spacial score (nSPS) is 19.7. The van der Waals surface area contributed by atoms with Crippen LogP contribution in [0.15, 0.2) is 24.4 Å². The molecule has 0 unspecified atom stereocenters. The Bertz CT molecular complexity index is 391. The zero-order chi connectivity index (χ0) is 14.5. The molecule has 0 N–H and O–H groups in total. The lowest BCUT2D eigenvalue weighted by Crippen LogP contribution is -2.44. The standard InChI is InChI=1S/C16H28N4/c1-14(2)19-10-9-18(12-20(13-19)15(3)4)11-16-7-5-6-8-17-16/h5-8,14-15H,9-13H2,1-4H3. The Morgan fingerprint density at radius 1 is 1.00 bits per heavy atom. The monoisotopic (exact) mass is 276 g/mol. The van der Waals surface area contributed by atoms with Crippen LogP contribution < -0.4 is 0 Å². The summed E-state index contributed by atoms with van der Waals surface area (Å²) < 4.78 is 0. The lowest BCUT2D eigenvalue weighted by atomic mass is 10.3. The summed E-state index contributed by atoms with van der Waals surface area (Å²) in [5.74, 6) is 0. The zero-order valence-corrected chi connectivity index (χ0v) is 13.3. The molecule has 0 atom stereocenters. The van der Waals surface area contributed by atoms with E-state index in [-0.39, 0.29) is 0 Å². The van der Waals surface area contributed by atoms with Gasteiger partial charge < -0.3 is 0 Å². The van der Waals surface area contributed by atoms with E-state index in [0.717, 1.165) is 38.7 Å². The van der Waals surface area contributed by atoms with E-state index >= 15 is 0 Å². The fraction of sp³-hybridized carbons (Fsp3) is 0.688. The summed E-state index contributed by atoms with van der Waals surface area (Å²) in [6, 6.07) is 7.34. The summed E-state index contributed by atoms with van der Waals surface area (Å²) in [6.07, 6.45) is 1.88. The molecule has 0 amide bonds. The number of hydrogen-bond acceptors (Lipinski definition) is 4. The number of rotatable bonds is 4. The van der Waals surface area contributed by atoms with E-state index in [0.29, 0.717) is 12.1 Å². The van der Waals surface area contributed by atoms with Crippen LogP contribution in [0, 0.1) is 0 Å².